The monoisotopic (exact) mass is 369 g/mol. The highest BCUT2D eigenvalue weighted by Crippen LogP contribution is 2.35. The van der Waals surface area contributed by atoms with Crippen molar-refractivity contribution >= 4 is 17.0 Å². The minimum atomic E-state index is -0.0413. The van der Waals surface area contributed by atoms with Crippen molar-refractivity contribution in [1.29, 1.82) is 0 Å². The lowest BCUT2D eigenvalue weighted by Gasteiger charge is -2.46. The Morgan fingerprint density at radius 2 is 1.93 bits per heavy atom. The molecule has 6 nitrogen and oxygen atoms in total. The van der Waals surface area contributed by atoms with E-state index in [2.05, 4.69) is 17.3 Å². The number of hydrogen-bond donors (Lipinski definition) is 1. The van der Waals surface area contributed by atoms with Gasteiger partial charge < -0.3 is 14.5 Å². The number of benzene rings is 1. The Hall–Kier alpha value is -1.92. The normalized spacial score (nSPS) is 29.3. The van der Waals surface area contributed by atoms with Crippen molar-refractivity contribution in [2.75, 3.05) is 20.3 Å². The zero-order valence-electron chi connectivity index (χ0n) is 15.8. The van der Waals surface area contributed by atoms with Crippen LogP contribution in [0.2, 0.25) is 0 Å². The van der Waals surface area contributed by atoms with Gasteiger partial charge in [-0.25, -0.2) is 4.98 Å². The number of carbonyl (C=O) groups is 1. The molecule has 2 bridgehead atoms. The summed E-state index contributed by atoms with van der Waals surface area (Å²) in [5, 5.41) is 3.25. The fourth-order valence-corrected chi connectivity index (χ4v) is 4.97. The van der Waals surface area contributed by atoms with Gasteiger partial charge in [-0.15, -0.1) is 0 Å². The van der Waals surface area contributed by atoms with Crippen LogP contribution in [-0.4, -0.2) is 54.2 Å². The Morgan fingerprint density at radius 3 is 2.67 bits per heavy atom. The number of hydrogen-bond acceptors (Lipinski definition) is 5. The van der Waals surface area contributed by atoms with Crippen LogP contribution in [0.15, 0.2) is 22.6 Å². The maximum Gasteiger partial charge on any atom is 0.253 e. The van der Waals surface area contributed by atoms with E-state index in [1.807, 2.05) is 18.2 Å². The number of morpholine rings is 1. The third kappa shape index (κ3) is 3.15. The average Bonchev–Trinajstić information content (AvgIpc) is 3.31. The van der Waals surface area contributed by atoms with Gasteiger partial charge in [-0.1, -0.05) is 18.9 Å². The highest BCUT2D eigenvalue weighted by molar-refractivity contribution is 6.04. The molecule has 2 atom stereocenters. The fourth-order valence-electron chi connectivity index (χ4n) is 4.97. The first-order valence-corrected chi connectivity index (χ1v) is 10.2. The minimum absolute atomic E-state index is 0.0413. The Labute approximate surface area is 159 Å². The van der Waals surface area contributed by atoms with Gasteiger partial charge in [0.05, 0.1) is 18.8 Å². The first kappa shape index (κ1) is 17.2. The molecule has 1 saturated carbocycles. The molecule has 1 N–H and O–H groups in total. The predicted molar refractivity (Wildman–Crippen MR) is 102 cm³/mol. The van der Waals surface area contributed by atoms with E-state index in [9.17, 15) is 4.79 Å². The van der Waals surface area contributed by atoms with Crippen molar-refractivity contribution in [2.24, 2.45) is 0 Å². The second kappa shape index (κ2) is 6.91. The lowest BCUT2D eigenvalue weighted by atomic mass is 9.90. The molecular formula is C21H27N3O3. The number of ether oxygens (including phenoxy) is 1. The van der Waals surface area contributed by atoms with E-state index >= 15 is 0 Å². The van der Waals surface area contributed by atoms with E-state index in [0.29, 0.717) is 29.1 Å². The second-order valence-electron chi connectivity index (χ2n) is 8.34. The van der Waals surface area contributed by atoms with E-state index in [4.69, 9.17) is 14.1 Å². The summed E-state index contributed by atoms with van der Waals surface area (Å²) in [5.74, 6) is 1.16. The molecule has 2 saturated heterocycles. The Bertz CT molecular complexity index is 828. The van der Waals surface area contributed by atoms with Gasteiger partial charge >= 0.3 is 0 Å². The summed E-state index contributed by atoms with van der Waals surface area (Å²) >= 11 is 0. The van der Waals surface area contributed by atoms with Crippen LogP contribution >= 0.6 is 0 Å². The van der Waals surface area contributed by atoms with Crippen molar-refractivity contribution in [2.45, 2.75) is 62.6 Å². The highest BCUT2D eigenvalue weighted by atomic mass is 16.5. The largest absolute Gasteiger partial charge is 0.440 e. The smallest absolute Gasteiger partial charge is 0.253 e. The molecule has 3 fully saturated rings. The molecule has 1 aromatic heterocycles. The van der Waals surface area contributed by atoms with E-state index in [-0.39, 0.29) is 11.9 Å². The van der Waals surface area contributed by atoms with E-state index in [1.165, 1.54) is 12.8 Å². The molecule has 6 heteroatoms. The molecular weight excluding hydrogens is 342 g/mol. The molecule has 1 amide bonds. The summed E-state index contributed by atoms with van der Waals surface area (Å²) in [6, 6.07) is 6.62. The summed E-state index contributed by atoms with van der Waals surface area (Å²) in [4.78, 5) is 20.1. The van der Waals surface area contributed by atoms with Crippen LogP contribution in [-0.2, 0) is 4.74 Å². The molecule has 3 heterocycles. The number of nitrogens with one attached hydrogen (secondary N) is 1. The fraction of sp³-hybridized carbons (Fsp3) is 0.619. The molecule has 2 aromatic rings. The molecule has 5 rings (SSSR count). The Kier molecular flexibility index (Phi) is 4.40. The van der Waals surface area contributed by atoms with Crippen molar-refractivity contribution in [3.8, 4) is 0 Å². The van der Waals surface area contributed by atoms with Gasteiger partial charge in [0.2, 0.25) is 0 Å². The molecule has 1 aliphatic carbocycles. The lowest BCUT2D eigenvalue weighted by molar-refractivity contribution is -0.0670. The first-order chi connectivity index (χ1) is 13.2. The Balaban J connectivity index is 1.36. The average molecular weight is 369 g/mol. The Morgan fingerprint density at radius 1 is 1.19 bits per heavy atom. The minimum Gasteiger partial charge on any atom is -0.440 e. The van der Waals surface area contributed by atoms with Crippen LogP contribution in [0.25, 0.3) is 11.1 Å². The number of fused-ring (bicyclic) bond motifs is 3. The summed E-state index contributed by atoms with van der Waals surface area (Å²) in [6.07, 6.45) is 6.60. The number of nitrogens with zero attached hydrogens (tertiary/aromatic N) is 2. The van der Waals surface area contributed by atoms with Crippen molar-refractivity contribution in [3.63, 3.8) is 0 Å². The number of piperidine rings is 1. The summed E-state index contributed by atoms with van der Waals surface area (Å²) in [6.45, 7) is 1.51. The van der Waals surface area contributed by atoms with Crippen molar-refractivity contribution in [1.82, 2.24) is 15.2 Å². The summed E-state index contributed by atoms with van der Waals surface area (Å²) in [7, 11) is 2.16. The van der Waals surface area contributed by atoms with Crippen LogP contribution < -0.4 is 5.32 Å². The summed E-state index contributed by atoms with van der Waals surface area (Å²) in [5.41, 5.74) is 2.05. The summed E-state index contributed by atoms with van der Waals surface area (Å²) < 4.78 is 11.7. The number of rotatable bonds is 3. The number of likely N-dealkylation sites (N-methyl/N-ethyl adjacent to an activating group) is 1. The predicted octanol–water partition coefficient (Wildman–Crippen LogP) is 3.08. The molecule has 144 valence electrons. The van der Waals surface area contributed by atoms with E-state index in [1.54, 1.807) is 0 Å². The molecule has 2 aliphatic heterocycles. The molecule has 0 spiro atoms. The number of amides is 1. The van der Waals surface area contributed by atoms with Crippen LogP contribution in [0.3, 0.4) is 0 Å². The topological polar surface area (TPSA) is 67.6 Å². The lowest BCUT2D eigenvalue weighted by Crippen LogP contribution is -2.59. The third-order valence-corrected chi connectivity index (χ3v) is 6.61. The quantitative estimate of drug-likeness (QED) is 0.901. The molecule has 3 aliphatic rings. The van der Waals surface area contributed by atoms with Crippen molar-refractivity contribution in [3.05, 3.63) is 29.7 Å². The van der Waals surface area contributed by atoms with Gasteiger partial charge in [0.15, 0.2) is 11.5 Å². The highest BCUT2D eigenvalue weighted by Gasteiger charge is 2.37. The standard InChI is InChI=1S/C21H27N3O3/c1-24-15-9-14(10-16(24)12-26-11-15)22-20(25)17-7-4-8-18-19(17)23-21(27-18)13-5-2-3-6-13/h4,7-8,13-16H,2-3,5-6,9-12H2,1H3,(H,22,25). The van der Waals surface area contributed by atoms with E-state index < -0.39 is 0 Å². The maximum atomic E-state index is 13.0. The van der Waals surface area contributed by atoms with Crippen LogP contribution in [0, 0.1) is 0 Å². The van der Waals surface area contributed by atoms with Gasteiger partial charge in [0.25, 0.3) is 5.91 Å². The first-order valence-electron chi connectivity index (χ1n) is 10.2. The van der Waals surface area contributed by atoms with Gasteiger partial charge in [-0.2, -0.15) is 0 Å². The van der Waals surface area contributed by atoms with Gasteiger partial charge in [-0.3, -0.25) is 9.69 Å². The van der Waals surface area contributed by atoms with Crippen LogP contribution in [0.1, 0.15) is 60.7 Å². The molecule has 1 aromatic carbocycles. The third-order valence-electron chi connectivity index (χ3n) is 6.61. The van der Waals surface area contributed by atoms with Gasteiger partial charge in [0.1, 0.15) is 5.52 Å². The maximum absolute atomic E-state index is 13.0. The number of aromatic nitrogens is 1. The van der Waals surface area contributed by atoms with Crippen LogP contribution in [0.4, 0.5) is 0 Å². The molecule has 2 unspecified atom stereocenters. The molecule has 0 radical (unpaired) electrons. The van der Waals surface area contributed by atoms with E-state index in [0.717, 1.165) is 50.4 Å². The molecule has 27 heavy (non-hydrogen) atoms. The second-order valence-corrected chi connectivity index (χ2v) is 8.34. The number of carbonyl (C=O) groups excluding carboxylic acids is 1. The number of oxazole rings is 1. The van der Waals surface area contributed by atoms with Crippen molar-refractivity contribution < 1.29 is 13.9 Å². The zero-order valence-corrected chi connectivity index (χ0v) is 15.8. The number of para-hydroxylation sites is 1. The van der Waals surface area contributed by atoms with Gasteiger partial charge in [0, 0.05) is 24.0 Å². The van der Waals surface area contributed by atoms with Crippen LogP contribution in [0.5, 0.6) is 0 Å². The zero-order chi connectivity index (χ0) is 18.4. The van der Waals surface area contributed by atoms with Gasteiger partial charge in [-0.05, 0) is 44.9 Å². The SMILES string of the molecule is CN1C2COCC1CC(NC(=O)c1cccc3oc(C4CCCC4)nc13)C2.